The van der Waals surface area contributed by atoms with Crippen molar-refractivity contribution in [1.29, 1.82) is 0 Å². The molecule has 1 amide bonds. The summed E-state index contributed by atoms with van der Waals surface area (Å²) in [5.74, 6) is -0.173. The van der Waals surface area contributed by atoms with E-state index in [0.29, 0.717) is 6.54 Å². The summed E-state index contributed by atoms with van der Waals surface area (Å²) in [6.45, 7) is 6.69. The van der Waals surface area contributed by atoms with Gasteiger partial charge in [0.25, 0.3) is 0 Å². The molecule has 0 unspecified atom stereocenters. The number of hydrogen-bond donors (Lipinski definition) is 1. The van der Waals surface area contributed by atoms with Gasteiger partial charge in [-0.15, -0.1) is 0 Å². The molecule has 124 valence electrons. The quantitative estimate of drug-likeness (QED) is 0.799. The van der Waals surface area contributed by atoms with E-state index in [9.17, 15) is 13.2 Å². The zero-order valence-electron chi connectivity index (χ0n) is 13.8. The van der Waals surface area contributed by atoms with Crippen molar-refractivity contribution in [3.63, 3.8) is 0 Å². The number of nitrogens with one attached hydrogen (secondary N) is 1. The fourth-order valence-electron chi connectivity index (χ4n) is 2.05. The van der Waals surface area contributed by atoms with Gasteiger partial charge in [0, 0.05) is 25.2 Å². The largest absolute Gasteiger partial charge is 0.326 e. The van der Waals surface area contributed by atoms with Gasteiger partial charge in [-0.25, -0.2) is 12.7 Å². The monoisotopic (exact) mass is 326 g/mol. The summed E-state index contributed by atoms with van der Waals surface area (Å²) >= 11 is 0. The minimum atomic E-state index is -3.26. The standard InChI is InChI=1S/C16H26N2O3S/c1-5-6-10-18(22(4,20)21)11-9-16(19)17-15-8-7-13(2)14(3)12-15/h7-8,12H,5-6,9-11H2,1-4H3,(H,17,19). The number of amides is 1. The molecule has 1 rings (SSSR count). The zero-order valence-corrected chi connectivity index (χ0v) is 14.7. The fourth-order valence-corrected chi connectivity index (χ4v) is 2.93. The van der Waals surface area contributed by atoms with Crippen molar-refractivity contribution in [3.05, 3.63) is 29.3 Å². The van der Waals surface area contributed by atoms with Crippen molar-refractivity contribution in [2.45, 2.75) is 40.0 Å². The van der Waals surface area contributed by atoms with Crippen molar-refractivity contribution in [2.24, 2.45) is 0 Å². The molecule has 6 heteroatoms. The van der Waals surface area contributed by atoms with Gasteiger partial charge in [0.15, 0.2) is 0 Å². The van der Waals surface area contributed by atoms with Crippen LogP contribution in [0.3, 0.4) is 0 Å². The molecule has 1 N–H and O–H groups in total. The van der Waals surface area contributed by atoms with Crippen LogP contribution in [-0.2, 0) is 14.8 Å². The van der Waals surface area contributed by atoms with E-state index in [1.807, 2.05) is 39.0 Å². The minimum Gasteiger partial charge on any atom is -0.326 e. The Labute approximate surface area is 133 Å². The van der Waals surface area contributed by atoms with E-state index in [2.05, 4.69) is 5.32 Å². The molecule has 0 atom stereocenters. The molecule has 0 aliphatic carbocycles. The highest BCUT2D eigenvalue weighted by molar-refractivity contribution is 7.88. The molecule has 0 saturated carbocycles. The average Bonchev–Trinajstić information content (AvgIpc) is 2.41. The summed E-state index contributed by atoms with van der Waals surface area (Å²) in [5.41, 5.74) is 3.02. The molecular formula is C16H26N2O3S. The molecular weight excluding hydrogens is 300 g/mol. The molecule has 0 aromatic heterocycles. The number of anilines is 1. The van der Waals surface area contributed by atoms with Crippen molar-refractivity contribution >= 4 is 21.6 Å². The topological polar surface area (TPSA) is 66.5 Å². The van der Waals surface area contributed by atoms with Gasteiger partial charge < -0.3 is 5.32 Å². The number of hydrogen-bond acceptors (Lipinski definition) is 3. The molecule has 0 heterocycles. The fraction of sp³-hybridized carbons (Fsp3) is 0.562. The Balaban J connectivity index is 2.58. The van der Waals surface area contributed by atoms with Crippen molar-refractivity contribution in [3.8, 4) is 0 Å². The van der Waals surface area contributed by atoms with Gasteiger partial charge in [0.2, 0.25) is 15.9 Å². The average molecular weight is 326 g/mol. The lowest BCUT2D eigenvalue weighted by atomic mass is 10.1. The summed E-state index contributed by atoms with van der Waals surface area (Å²) < 4.78 is 24.7. The lowest BCUT2D eigenvalue weighted by Crippen LogP contribution is -2.33. The van der Waals surface area contributed by atoms with Crippen LogP contribution in [-0.4, -0.2) is 38.0 Å². The van der Waals surface area contributed by atoms with Crippen LogP contribution in [0, 0.1) is 13.8 Å². The van der Waals surface area contributed by atoms with Crippen LogP contribution in [0.4, 0.5) is 5.69 Å². The lowest BCUT2D eigenvalue weighted by Gasteiger charge is -2.19. The Kier molecular flexibility index (Phi) is 7.03. The number of aryl methyl sites for hydroxylation is 2. The van der Waals surface area contributed by atoms with Gasteiger partial charge in [0.1, 0.15) is 0 Å². The van der Waals surface area contributed by atoms with Gasteiger partial charge in [-0.1, -0.05) is 19.4 Å². The molecule has 0 bridgehead atoms. The van der Waals surface area contributed by atoms with Gasteiger partial charge in [-0.3, -0.25) is 4.79 Å². The SMILES string of the molecule is CCCCN(CCC(=O)Nc1ccc(C)c(C)c1)S(C)(=O)=O. The van der Waals surface area contributed by atoms with Crippen LogP contribution in [0.15, 0.2) is 18.2 Å². The summed E-state index contributed by atoms with van der Waals surface area (Å²) in [4.78, 5) is 12.0. The molecule has 0 radical (unpaired) electrons. The van der Waals surface area contributed by atoms with Gasteiger partial charge in [-0.05, 0) is 43.5 Å². The van der Waals surface area contributed by atoms with E-state index in [4.69, 9.17) is 0 Å². The maximum Gasteiger partial charge on any atom is 0.225 e. The maximum absolute atomic E-state index is 12.0. The van der Waals surface area contributed by atoms with Gasteiger partial charge in [0.05, 0.1) is 6.26 Å². The van der Waals surface area contributed by atoms with E-state index < -0.39 is 10.0 Å². The summed E-state index contributed by atoms with van der Waals surface area (Å²) in [5, 5.41) is 2.81. The number of nitrogens with zero attached hydrogens (tertiary/aromatic N) is 1. The van der Waals surface area contributed by atoms with E-state index in [1.54, 1.807) is 0 Å². The Bertz CT molecular complexity index is 612. The molecule has 1 aromatic rings. The number of carbonyl (C=O) groups excluding carboxylic acids is 1. The van der Waals surface area contributed by atoms with Crippen LogP contribution in [0.2, 0.25) is 0 Å². The Hall–Kier alpha value is -1.40. The van der Waals surface area contributed by atoms with Gasteiger partial charge >= 0.3 is 0 Å². The molecule has 0 spiro atoms. The smallest absolute Gasteiger partial charge is 0.225 e. The Morgan fingerprint density at radius 2 is 1.86 bits per heavy atom. The first-order valence-corrected chi connectivity index (χ1v) is 9.41. The molecule has 1 aromatic carbocycles. The predicted octanol–water partition coefficient (Wildman–Crippen LogP) is 2.69. The second-order valence-corrected chi connectivity index (χ2v) is 7.60. The van der Waals surface area contributed by atoms with Crippen LogP contribution < -0.4 is 5.32 Å². The Morgan fingerprint density at radius 3 is 2.41 bits per heavy atom. The maximum atomic E-state index is 12.0. The van der Waals surface area contributed by atoms with Crippen LogP contribution in [0.5, 0.6) is 0 Å². The number of carbonyl (C=O) groups is 1. The molecule has 22 heavy (non-hydrogen) atoms. The minimum absolute atomic E-state index is 0.156. The molecule has 0 saturated heterocycles. The molecule has 5 nitrogen and oxygen atoms in total. The van der Waals surface area contributed by atoms with E-state index in [0.717, 1.165) is 24.1 Å². The van der Waals surface area contributed by atoms with Crippen LogP contribution in [0.25, 0.3) is 0 Å². The predicted molar refractivity (Wildman–Crippen MR) is 90.5 cm³/mol. The summed E-state index contributed by atoms with van der Waals surface area (Å²) in [6.07, 6.45) is 3.06. The number of unbranched alkanes of at least 4 members (excludes halogenated alkanes) is 1. The third kappa shape index (κ3) is 6.15. The zero-order chi connectivity index (χ0) is 16.8. The first-order valence-electron chi connectivity index (χ1n) is 7.56. The second kappa shape index (κ2) is 8.29. The third-order valence-corrected chi connectivity index (χ3v) is 4.91. The van der Waals surface area contributed by atoms with Crippen LogP contribution >= 0.6 is 0 Å². The highest BCUT2D eigenvalue weighted by Gasteiger charge is 2.17. The van der Waals surface area contributed by atoms with Crippen LogP contribution in [0.1, 0.15) is 37.3 Å². The highest BCUT2D eigenvalue weighted by atomic mass is 32.2. The second-order valence-electron chi connectivity index (χ2n) is 5.61. The first kappa shape index (κ1) is 18.6. The summed E-state index contributed by atoms with van der Waals surface area (Å²) in [6, 6.07) is 5.72. The first-order chi connectivity index (χ1) is 10.2. The molecule has 0 fully saturated rings. The third-order valence-electron chi connectivity index (χ3n) is 3.61. The normalized spacial score (nSPS) is 11.7. The number of rotatable bonds is 8. The highest BCUT2D eigenvalue weighted by Crippen LogP contribution is 2.14. The number of benzene rings is 1. The Morgan fingerprint density at radius 1 is 1.18 bits per heavy atom. The summed E-state index contributed by atoms with van der Waals surface area (Å²) in [7, 11) is -3.26. The van der Waals surface area contributed by atoms with E-state index in [-0.39, 0.29) is 18.9 Å². The van der Waals surface area contributed by atoms with Gasteiger partial charge in [-0.2, -0.15) is 0 Å². The van der Waals surface area contributed by atoms with E-state index in [1.165, 1.54) is 16.1 Å². The van der Waals surface area contributed by atoms with Crippen molar-refractivity contribution in [2.75, 3.05) is 24.7 Å². The lowest BCUT2D eigenvalue weighted by molar-refractivity contribution is -0.116. The number of sulfonamides is 1. The van der Waals surface area contributed by atoms with E-state index >= 15 is 0 Å². The molecule has 0 aliphatic rings. The molecule has 0 aliphatic heterocycles. The van der Waals surface area contributed by atoms with Crippen molar-refractivity contribution in [1.82, 2.24) is 4.31 Å². The van der Waals surface area contributed by atoms with Crippen molar-refractivity contribution < 1.29 is 13.2 Å².